The molecule has 86 valence electrons. The van der Waals surface area contributed by atoms with Crippen molar-refractivity contribution in [2.24, 2.45) is 0 Å². The predicted octanol–water partition coefficient (Wildman–Crippen LogP) is 2.74. The Bertz CT molecular complexity index is 262. The summed E-state index contributed by atoms with van der Waals surface area (Å²) >= 11 is 0. The fourth-order valence-corrected chi connectivity index (χ4v) is 15.8. The standard InChI is InChI=1S/C9H20O3Si3/c1-7-13(4)10-14(5,8-2)12-15(6,9-3)11-13/h7-8H,1-2,9H2,3-6H3. The third-order valence-corrected chi connectivity index (χ3v) is 15.3. The van der Waals surface area contributed by atoms with Crippen LogP contribution in [0.4, 0.5) is 0 Å². The van der Waals surface area contributed by atoms with E-state index >= 15 is 0 Å². The van der Waals surface area contributed by atoms with E-state index in [4.69, 9.17) is 12.3 Å². The van der Waals surface area contributed by atoms with Gasteiger partial charge in [-0.2, -0.15) is 0 Å². The summed E-state index contributed by atoms with van der Waals surface area (Å²) < 4.78 is 18.1. The van der Waals surface area contributed by atoms with E-state index in [1.54, 1.807) is 0 Å². The van der Waals surface area contributed by atoms with Gasteiger partial charge in [-0.15, -0.1) is 13.2 Å². The Morgan fingerprint density at radius 3 is 1.60 bits per heavy atom. The molecule has 6 heteroatoms. The summed E-state index contributed by atoms with van der Waals surface area (Å²) in [6, 6.07) is 0.934. The minimum absolute atomic E-state index is 0.934. The first kappa shape index (κ1) is 13.1. The van der Waals surface area contributed by atoms with Crippen molar-refractivity contribution >= 4 is 25.7 Å². The van der Waals surface area contributed by atoms with Crippen LogP contribution in [-0.4, -0.2) is 25.7 Å². The normalized spacial score (nSPS) is 46.1. The van der Waals surface area contributed by atoms with Gasteiger partial charge in [0.2, 0.25) is 0 Å². The minimum atomic E-state index is -2.23. The Balaban J connectivity index is 3.02. The van der Waals surface area contributed by atoms with Gasteiger partial charge in [-0.1, -0.05) is 18.3 Å². The van der Waals surface area contributed by atoms with Crippen LogP contribution in [0.3, 0.4) is 0 Å². The molecule has 0 aromatic carbocycles. The molecule has 1 aliphatic rings. The van der Waals surface area contributed by atoms with E-state index in [0.29, 0.717) is 0 Å². The van der Waals surface area contributed by atoms with Crippen molar-refractivity contribution in [3.05, 3.63) is 24.6 Å². The van der Waals surface area contributed by atoms with Crippen LogP contribution >= 0.6 is 0 Å². The Morgan fingerprint density at radius 1 is 0.933 bits per heavy atom. The van der Waals surface area contributed by atoms with Crippen LogP contribution in [0.5, 0.6) is 0 Å². The van der Waals surface area contributed by atoms with Gasteiger partial charge in [0, 0.05) is 0 Å². The SMILES string of the molecule is C=C[Si]1(C)O[Si](C)(C=C)O[Si](C)(CC)O1. The highest BCUT2D eigenvalue weighted by atomic mass is 28.5. The summed E-state index contributed by atoms with van der Waals surface area (Å²) in [5.74, 6) is 0. The summed E-state index contributed by atoms with van der Waals surface area (Å²) in [5.41, 5.74) is 3.68. The van der Waals surface area contributed by atoms with E-state index in [2.05, 4.69) is 26.6 Å². The number of hydrogen-bond donors (Lipinski definition) is 0. The Labute approximate surface area is 95.5 Å². The Hall–Kier alpha value is 0.0106. The average Bonchev–Trinajstić information content (AvgIpc) is 2.16. The highest BCUT2D eigenvalue weighted by Gasteiger charge is 2.53. The lowest BCUT2D eigenvalue weighted by atomic mass is 11.0. The van der Waals surface area contributed by atoms with Crippen LogP contribution < -0.4 is 0 Å². The summed E-state index contributed by atoms with van der Waals surface area (Å²) in [6.07, 6.45) is 0. The van der Waals surface area contributed by atoms with Crippen molar-refractivity contribution in [3.8, 4) is 0 Å². The van der Waals surface area contributed by atoms with E-state index in [-0.39, 0.29) is 0 Å². The largest absolute Gasteiger partial charge is 0.413 e. The lowest BCUT2D eigenvalue weighted by molar-refractivity contribution is 0.241. The molecule has 2 unspecified atom stereocenters. The van der Waals surface area contributed by atoms with Crippen LogP contribution in [0.25, 0.3) is 0 Å². The maximum atomic E-state index is 6.06. The van der Waals surface area contributed by atoms with Gasteiger partial charge in [-0.25, -0.2) is 0 Å². The molecule has 0 aromatic heterocycles. The smallest absolute Gasteiger partial charge is 0.343 e. The second-order valence-corrected chi connectivity index (χ2v) is 14.5. The molecule has 0 aromatic rings. The Kier molecular flexibility index (Phi) is 3.59. The third kappa shape index (κ3) is 2.77. The van der Waals surface area contributed by atoms with E-state index < -0.39 is 25.7 Å². The molecule has 2 atom stereocenters. The Morgan fingerprint density at radius 2 is 1.33 bits per heavy atom. The van der Waals surface area contributed by atoms with E-state index in [1.807, 2.05) is 24.5 Å². The van der Waals surface area contributed by atoms with Crippen LogP contribution in [0.15, 0.2) is 24.6 Å². The molecule has 0 amide bonds. The van der Waals surface area contributed by atoms with Crippen molar-refractivity contribution in [1.29, 1.82) is 0 Å². The van der Waals surface area contributed by atoms with E-state index in [9.17, 15) is 0 Å². The first-order valence-electron chi connectivity index (χ1n) is 5.18. The zero-order valence-corrected chi connectivity index (χ0v) is 13.0. The topological polar surface area (TPSA) is 27.7 Å². The molecule has 1 fully saturated rings. The van der Waals surface area contributed by atoms with E-state index in [0.717, 1.165) is 6.04 Å². The van der Waals surface area contributed by atoms with Crippen LogP contribution in [0.2, 0.25) is 25.7 Å². The van der Waals surface area contributed by atoms with Crippen molar-refractivity contribution in [1.82, 2.24) is 0 Å². The molecule has 1 saturated heterocycles. The molecule has 0 radical (unpaired) electrons. The van der Waals surface area contributed by atoms with Crippen LogP contribution in [0, 0.1) is 0 Å². The van der Waals surface area contributed by atoms with Gasteiger partial charge >= 0.3 is 25.7 Å². The molecule has 0 spiro atoms. The zero-order valence-electron chi connectivity index (χ0n) is 10.0. The zero-order chi connectivity index (χ0) is 11.7. The molecule has 0 bridgehead atoms. The first-order chi connectivity index (χ1) is 6.80. The summed E-state index contributed by atoms with van der Waals surface area (Å²) in [4.78, 5) is 0. The lowest BCUT2D eigenvalue weighted by Crippen LogP contribution is -2.66. The molecule has 1 heterocycles. The molecule has 0 N–H and O–H groups in total. The molecule has 1 rings (SSSR count). The highest BCUT2D eigenvalue weighted by Crippen LogP contribution is 2.33. The third-order valence-electron chi connectivity index (χ3n) is 2.63. The minimum Gasteiger partial charge on any atom is -0.413 e. The van der Waals surface area contributed by atoms with Crippen LogP contribution in [-0.2, 0) is 12.3 Å². The summed E-state index contributed by atoms with van der Waals surface area (Å²) in [7, 11) is -6.53. The fraction of sp³-hybridized carbons (Fsp3) is 0.556. The van der Waals surface area contributed by atoms with Crippen molar-refractivity contribution in [2.45, 2.75) is 32.6 Å². The molecule has 1 aliphatic heterocycles. The first-order valence-corrected chi connectivity index (χ1v) is 12.5. The monoisotopic (exact) mass is 260 g/mol. The fourth-order valence-electron chi connectivity index (χ4n) is 1.63. The van der Waals surface area contributed by atoms with Gasteiger partial charge in [0.15, 0.2) is 0 Å². The quantitative estimate of drug-likeness (QED) is 0.730. The average molecular weight is 261 g/mol. The van der Waals surface area contributed by atoms with Crippen molar-refractivity contribution in [2.75, 3.05) is 0 Å². The van der Waals surface area contributed by atoms with Crippen molar-refractivity contribution < 1.29 is 12.3 Å². The molecule has 15 heavy (non-hydrogen) atoms. The molecular weight excluding hydrogens is 240 g/mol. The second-order valence-electron chi connectivity index (χ2n) is 4.23. The maximum absolute atomic E-state index is 6.06. The maximum Gasteiger partial charge on any atom is 0.343 e. The molecule has 0 aliphatic carbocycles. The summed E-state index contributed by atoms with van der Waals surface area (Å²) in [6.45, 7) is 15.9. The molecular formula is C9H20O3Si3. The van der Waals surface area contributed by atoms with Gasteiger partial charge in [0.25, 0.3) is 0 Å². The highest BCUT2D eigenvalue weighted by molar-refractivity contribution is 6.96. The number of rotatable bonds is 3. The predicted molar refractivity (Wildman–Crippen MR) is 69.0 cm³/mol. The van der Waals surface area contributed by atoms with E-state index in [1.165, 1.54) is 0 Å². The van der Waals surface area contributed by atoms with Gasteiger partial charge < -0.3 is 12.3 Å². The van der Waals surface area contributed by atoms with Crippen molar-refractivity contribution in [3.63, 3.8) is 0 Å². The number of hydrogen-bond acceptors (Lipinski definition) is 3. The molecule has 0 saturated carbocycles. The summed E-state index contributed by atoms with van der Waals surface area (Å²) in [5, 5.41) is 0. The second kappa shape index (κ2) is 4.11. The van der Waals surface area contributed by atoms with Gasteiger partial charge in [0.1, 0.15) is 0 Å². The van der Waals surface area contributed by atoms with Gasteiger partial charge in [-0.3, -0.25) is 0 Å². The van der Waals surface area contributed by atoms with Gasteiger partial charge in [-0.05, 0) is 25.7 Å². The lowest BCUT2D eigenvalue weighted by Gasteiger charge is -2.47. The van der Waals surface area contributed by atoms with Gasteiger partial charge in [0.05, 0.1) is 0 Å². The van der Waals surface area contributed by atoms with Crippen LogP contribution in [0.1, 0.15) is 6.92 Å². The molecule has 3 nitrogen and oxygen atoms in total.